The van der Waals surface area contributed by atoms with E-state index in [4.69, 9.17) is 4.74 Å². The van der Waals surface area contributed by atoms with Crippen LogP contribution in [-0.2, 0) is 6.18 Å². The molecule has 24 heavy (non-hydrogen) atoms. The van der Waals surface area contributed by atoms with Crippen molar-refractivity contribution in [1.82, 2.24) is 4.98 Å². The minimum absolute atomic E-state index is 0.231. The second kappa shape index (κ2) is 8.32. The molecule has 0 bridgehead atoms. The van der Waals surface area contributed by atoms with Gasteiger partial charge in [-0.05, 0) is 81.9 Å². The summed E-state index contributed by atoms with van der Waals surface area (Å²) in [6, 6.07) is 5.98. The van der Waals surface area contributed by atoms with Crippen LogP contribution in [0.4, 0.5) is 19.0 Å². The molecule has 2 aromatic rings. The fourth-order valence-corrected chi connectivity index (χ4v) is 3.86. The largest absolute Gasteiger partial charge is 0.492 e. The molecule has 0 fully saturated rings. The maximum atomic E-state index is 12.5. The predicted molar refractivity (Wildman–Crippen MR) is 104 cm³/mol. The first kappa shape index (κ1) is 19.2. The Balaban J connectivity index is 2.06. The van der Waals surface area contributed by atoms with Crippen LogP contribution in [0.2, 0.25) is 0 Å². The third-order valence-corrected chi connectivity index (χ3v) is 4.40. The van der Waals surface area contributed by atoms with Crippen LogP contribution in [0, 0.1) is 7.14 Å². The second-order valence-corrected chi connectivity index (χ2v) is 6.87. The molecule has 0 unspecified atom stereocenters. The highest BCUT2D eigenvalue weighted by molar-refractivity contribution is 14.1. The zero-order valence-electron chi connectivity index (χ0n) is 12.4. The van der Waals surface area contributed by atoms with Gasteiger partial charge in [-0.15, -0.1) is 0 Å². The summed E-state index contributed by atoms with van der Waals surface area (Å²) < 4.78 is 44.8. The summed E-state index contributed by atoms with van der Waals surface area (Å²) in [6.07, 6.45) is -2.06. The van der Waals surface area contributed by atoms with E-state index in [9.17, 15) is 13.2 Å². The molecule has 128 valence electrons. The van der Waals surface area contributed by atoms with Crippen LogP contribution in [0.15, 0.2) is 35.6 Å². The molecule has 0 aliphatic carbocycles. The standard InChI is InChI=1S/C15H12F3I2N3O/c1-2-24-14-11(19)5-9(6-12(14)20)7-22-23-13-4-3-10(8-21-13)15(16,17)18/h3-8H,2H2,1H3,(H,21,23)/b22-7-. The number of nitrogens with one attached hydrogen (secondary N) is 1. The number of hydrazone groups is 1. The van der Waals surface area contributed by atoms with Crippen molar-refractivity contribution in [3.63, 3.8) is 0 Å². The van der Waals surface area contributed by atoms with Crippen molar-refractivity contribution in [3.05, 3.63) is 48.7 Å². The summed E-state index contributed by atoms with van der Waals surface area (Å²) in [7, 11) is 0. The molecule has 0 amide bonds. The first-order chi connectivity index (χ1) is 11.3. The lowest BCUT2D eigenvalue weighted by Crippen LogP contribution is -2.05. The van der Waals surface area contributed by atoms with E-state index in [2.05, 4.69) is 60.7 Å². The molecule has 0 radical (unpaired) electrons. The van der Waals surface area contributed by atoms with Gasteiger partial charge in [0.15, 0.2) is 0 Å². The SMILES string of the molecule is CCOc1c(I)cc(/C=N\Nc2ccc(C(F)(F)F)cn2)cc1I. The van der Waals surface area contributed by atoms with Gasteiger partial charge in [-0.25, -0.2) is 4.98 Å². The van der Waals surface area contributed by atoms with Crippen molar-refractivity contribution in [2.75, 3.05) is 12.0 Å². The first-order valence-corrected chi connectivity index (χ1v) is 8.91. The van der Waals surface area contributed by atoms with Gasteiger partial charge in [-0.2, -0.15) is 18.3 Å². The Labute approximate surface area is 164 Å². The fraction of sp³-hybridized carbons (Fsp3) is 0.200. The highest BCUT2D eigenvalue weighted by atomic mass is 127. The number of benzene rings is 1. The predicted octanol–water partition coefficient (Wildman–Crippen LogP) is 5.15. The van der Waals surface area contributed by atoms with Crippen LogP contribution < -0.4 is 10.2 Å². The Hall–Kier alpha value is -1.11. The van der Waals surface area contributed by atoms with Crippen LogP contribution in [0.5, 0.6) is 5.75 Å². The van der Waals surface area contributed by atoms with Gasteiger partial charge in [0.2, 0.25) is 0 Å². The Morgan fingerprint density at radius 2 is 1.92 bits per heavy atom. The molecule has 0 aliphatic heterocycles. The van der Waals surface area contributed by atoms with Crippen LogP contribution >= 0.6 is 45.2 Å². The van der Waals surface area contributed by atoms with Crippen molar-refractivity contribution in [2.24, 2.45) is 5.10 Å². The summed E-state index contributed by atoms with van der Waals surface area (Å²) in [5, 5.41) is 4.00. The van der Waals surface area contributed by atoms with E-state index in [1.165, 1.54) is 6.07 Å². The lowest BCUT2D eigenvalue weighted by molar-refractivity contribution is -0.137. The van der Waals surface area contributed by atoms with Gasteiger partial charge in [-0.3, -0.25) is 5.43 Å². The third kappa shape index (κ3) is 5.19. The number of hydrogen-bond donors (Lipinski definition) is 1. The van der Waals surface area contributed by atoms with Gasteiger partial charge in [0.1, 0.15) is 11.6 Å². The van der Waals surface area contributed by atoms with E-state index < -0.39 is 11.7 Å². The molecule has 9 heteroatoms. The third-order valence-electron chi connectivity index (χ3n) is 2.79. The molecule has 2 rings (SSSR count). The minimum atomic E-state index is -4.40. The van der Waals surface area contributed by atoms with E-state index in [1.807, 2.05) is 19.1 Å². The lowest BCUT2D eigenvalue weighted by Gasteiger charge is -2.09. The number of ether oxygens (including phenoxy) is 1. The van der Waals surface area contributed by atoms with Crippen molar-refractivity contribution in [1.29, 1.82) is 0 Å². The smallest absolute Gasteiger partial charge is 0.417 e. The van der Waals surface area contributed by atoms with E-state index in [-0.39, 0.29) is 5.82 Å². The topological polar surface area (TPSA) is 46.5 Å². The number of aromatic nitrogens is 1. The monoisotopic (exact) mass is 561 g/mol. The summed E-state index contributed by atoms with van der Waals surface area (Å²) in [5.74, 6) is 1.06. The maximum Gasteiger partial charge on any atom is 0.417 e. The Morgan fingerprint density at radius 3 is 2.42 bits per heavy atom. The molecule has 1 aromatic heterocycles. The molecule has 0 saturated carbocycles. The van der Waals surface area contributed by atoms with Crippen LogP contribution in [-0.4, -0.2) is 17.8 Å². The van der Waals surface area contributed by atoms with Crippen molar-refractivity contribution < 1.29 is 17.9 Å². The van der Waals surface area contributed by atoms with E-state index >= 15 is 0 Å². The summed E-state index contributed by atoms with van der Waals surface area (Å²) >= 11 is 4.36. The van der Waals surface area contributed by atoms with E-state index in [0.717, 1.165) is 30.7 Å². The average molecular weight is 561 g/mol. The second-order valence-electron chi connectivity index (χ2n) is 4.55. The summed E-state index contributed by atoms with van der Waals surface area (Å²) in [6.45, 7) is 2.50. The Morgan fingerprint density at radius 1 is 1.25 bits per heavy atom. The van der Waals surface area contributed by atoms with E-state index in [0.29, 0.717) is 6.61 Å². The number of hydrogen-bond acceptors (Lipinski definition) is 4. The Kier molecular flexibility index (Phi) is 6.66. The molecular formula is C15H12F3I2N3O. The van der Waals surface area contributed by atoms with Gasteiger partial charge in [-0.1, -0.05) is 0 Å². The average Bonchev–Trinajstić information content (AvgIpc) is 2.50. The van der Waals surface area contributed by atoms with Gasteiger partial charge < -0.3 is 4.74 Å². The summed E-state index contributed by atoms with van der Waals surface area (Å²) in [4.78, 5) is 3.68. The molecule has 0 spiro atoms. The highest BCUT2D eigenvalue weighted by Crippen LogP contribution is 2.29. The number of rotatable bonds is 5. The molecule has 1 heterocycles. The van der Waals surface area contributed by atoms with Crippen LogP contribution in [0.1, 0.15) is 18.1 Å². The van der Waals surface area contributed by atoms with Gasteiger partial charge in [0, 0.05) is 6.20 Å². The van der Waals surface area contributed by atoms with Crippen molar-refractivity contribution in [2.45, 2.75) is 13.1 Å². The maximum absolute atomic E-state index is 12.5. The number of pyridine rings is 1. The molecule has 0 aliphatic rings. The normalized spacial score (nSPS) is 11.8. The van der Waals surface area contributed by atoms with Crippen LogP contribution in [0.25, 0.3) is 0 Å². The minimum Gasteiger partial charge on any atom is -0.492 e. The Bertz CT molecular complexity index is 711. The number of alkyl halides is 3. The molecule has 1 aromatic carbocycles. The van der Waals surface area contributed by atoms with Gasteiger partial charge in [0.05, 0.1) is 25.5 Å². The molecule has 0 atom stereocenters. The first-order valence-electron chi connectivity index (χ1n) is 6.75. The quantitative estimate of drug-likeness (QED) is 0.312. The van der Waals surface area contributed by atoms with Gasteiger partial charge in [0.25, 0.3) is 0 Å². The van der Waals surface area contributed by atoms with Crippen LogP contribution in [0.3, 0.4) is 0 Å². The van der Waals surface area contributed by atoms with Gasteiger partial charge >= 0.3 is 6.18 Å². The molecule has 1 N–H and O–H groups in total. The number of anilines is 1. The van der Waals surface area contributed by atoms with Crippen molar-refractivity contribution >= 4 is 57.2 Å². The molecule has 4 nitrogen and oxygen atoms in total. The summed E-state index contributed by atoms with van der Waals surface area (Å²) in [5.41, 5.74) is 2.65. The zero-order valence-corrected chi connectivity index (χ0v) is 16.7. The molecular weight excluding hydrogens is 549 g/mol. The van der Waals surface area contributed by atoms with E-state index in [1.54, 1.807) is 6.21 Å². The highest BCUT2D eigenvalue weighted by Gasteiger charge is 2.30. The number of halogens is 5. The van der Waals surface area contributed by atoms with Crippen molar-refractivity contribution in [3.8, 4) is 5.75 Å². The number of nitrogens with zero attached hydrogens (tertiary/aromatic N) is 2. The molecule has 0 saturated heterocycles. The lowest BCUT2D eigenvalue weighted by atomic mass is 10.2. The fourth-order valence-electron chi connectivity index (χ4n) is 1.74. The zero-order chi connectivity index (χ0) is 17.7.